The molecule has 0 saturated heterocycles. The lowest BCUT2D eigenvalue weighted by Crippen LogP contribution is -2.31. The fourth-order valence-electron chi connectivity index (χ4n) is 3.59. The van der Waals surface area contributed by atoms with Gasteiger partial charge in [0.15, 0.2) is 0 Å². The third-order valence-corrected chi connectivity index (χ3v) is 5.34. The van der Waals surface area contributed by atoms with Crippen molar-refractivity contribution < 1.29 is 14.3 Å². The van der Waals surface area contributed by atoms with Crippen molar-refractivity contribution in [1.29, 1.82) is 5.41 Å². The molecule has 0 unspecified atom stereocenters. The summed E-state index contributed by atoms with van der Waals surface area (Å²) in [5.41, 5.74) is 1.24. The standard InChI is InChI=1S/C21H35NO3/c1-6-7-18-8-10-21(11-9-18,12-14-24-19(22)16(2)3)13-15-25-20(23)17(4)5/h18,22H,2,4,6-15H2,1,3,5H3. The van der Waals surface area contributed by atoms with Gasteiger partial charge < -0.3 is 9.47 Å². The van der Waals surface area contributed by atoms with E-state index in [4.69, 9.17) is 14.9 Å². The molecule has 1 N–H and O–H groups in total. The van der Waals surface area contributed by atoms with Gasteiger partial charge in [-0.25, -0.2) is 4.79 Å². The third-order valence-electron chi connectivity index (χ3n) is 5.34. The normalized spacial score (nSPS) is 22.9. The second kappa shape index (κ2) is 10.4. The summed E-state index contributed by atoms with van der Waals surface area (Å²) in [7, 11) is 0. The first-order chi connectivity index (χ1) is 11.8. The highest BCUT2D eigenvalue weighted by Gasteiger charge is 2.35. The van der Waals surface area contributed by atoms with Gasteiger partial charge in [0, 0.05) is 11.1 Å². The molecular formula is C21H35NO3. The van der Waals surface area contributed by atoms with E-state index in [0.717, 1.165) is 31.6 Å². The number of hydrogen-bond donors (Lipinski definition) is 1. The van der Waals surface area contributed by atoms with Gasteiger partial charge in [-0.3, -0.25) is 5.41 Å². The maximum Gasteiger partial charge on any atom is 0.333 e. The smallest absolute Gasteiger partial charge is 0.333 e. The number of esters is 1. The monoisotopic (exact) mass is 349 g/mol. The Hall–Kier alpha value is -1.58. The SMILES string of the molecule is C=C(C)C(=N)OCCC1(CCOC(=O)C(=C)C)CCC(CCC)CC1. The highest BCUT2D eigenvalue weighted by Crippen LogP contribution is 2.45. The van der Waals surface area contributed by atoms with Crippen molar-refractivity contribution in [2.45, 2.75) is 72.1 Å². The van der Waals surface area contributed by atoms with Crippen LogP contribution in [-0.2, 0) is 14.3 Å². The summed E-state index contributed by atoms with van der Waals surface area (Å²) < 4.78 is 10.9. The summed E-state index contributed by atoms with van der Waals surface area (Å²) >= 11 is 0. The molecule has 0 atom stereocenters. The lowest BCUT2D eigenvalue weighted by atomic mass is 9.66. The number of carbonyl (C=O) groups excluding carboxylic acids is 1. The van der Waals surface area contributed by atoms with Gasteiger partial charge in [0.25, 0.3) is 0 Å². The first kappa shape index (κ1) is 21.5. The van der Waals surface area contributed by atoms with Crippen LogP contribution in [0.1, 0.15) is 72.1 Å². The van der Waals surface area contributed by atoms with Crippen molar-refractivity contribution in [3.05, 3.63) is 24.3 Å². The minimum atomic E-state index is -0.310. The number of carbonyl (C=O) groups is 1. The van der Waals surface area contributed by atoms with Gasteiger partial charge in [-0.1, -0.05) is 32.9 Å². The number of rotatable bonds is 10. The number of ether oxygens (including phenoxy) is 2. The highest BCUT2D eigenvalue weighted by atomic mass is 16.5. The molecule has 1 aliphatic rings. The quantitative estimate of drug-likeness (QED) is 0.247. The summed E-state index contributed by atoms with van der Waals surface area (Å²) in [5.74, 6) is 0.685. The number of hydrogen-bond acceptors (Lipinski definition) is 4. The summed E-state index contributed by atoms with van der Waals surface area (Å²) in [5, 5.41) is 7.75. The topological polar surface area (TPSA) is 59.4 Å². The molecule has 0 aromatic carbocycles. The van der Waals surface area contributed by atoms with Crippen LogP contribution in [0.3, 0.4) is 0 Å². The van der Waals surface area contributed by atoms with Crippen molar-refractivity contribution in [3.8, 4) is 0 Å². The van der Waals surface area contributed by atoms with Gasteiger partial charge in [0.05, 0.1) is 13.2 Å². The molecule has 0 aromatic heterocycles. The Morgan fingerprint density at radius 2 is 1.64 bits per heavy atom. The van der Waals surface area contributed by atoms with E-state index < -0.39 is 0 Å². The fraction of sp³-hybridized carbons (Fsp3) is 0.714. The van der Waals surface area contributed by atoms with E-state index in [1.165, 1.54) is 25.7 Å². The minimum absolute atomic E-state index is 0.148. The Kier molecular flexibility index (Phi) is 8.95. The zero-order valence-corrected chi connectivity index (χ0v) is 16.3. The molecule has 0 radical (unpaired) electrons. The van der Waals surface area contributed by atoms with E-state index in [9.17, 15) is 4.79 Å². The molecule has 0 aliphatic heterocycles. The molecule has 1 fully saturated rings. The van der Waals surface area contributed by atoms with Gasteiger partial charge >= 0.3 is 5.97 Å². The van der Waals surface area contributed by atoms with Crippen LogP contribution in [0.25, 0.3) is 0 Å². The zero-order chi connectivity index (χ0) is 18.9. The van der Waals surface area contributed by atoms with Crippen molar-refractivity contribution >= 4 is 11.9 Å². The Morgan fingerprint density at radius 1 is 1.08 bits per heavy atom. The van der Waals surface area contributed by atoms with E-state index in [2.05, 4.69) is 20.1 Å². The van der Waals surface area contributed by atoms with Crippen LogP contribution >= 0.6 is 0 Å². The van der Waals surface area contributed by atoms with Gasteiger partial charge in [0.2, 0.25) is 5.90 Å². The second-order valence-electron chi connectivity index (χ2n) is 7.61. The van der Waals surface area contributed by atoms with E-state index in [1.807, 2.05) is 0 Å². The van der Waals surface area contributed by atoms with Crippen LogP contribution < -0.4 is 0 Å². The molecule has 0 spiro atoms. The number of nitrogens with one attached hydrogen (secondary N) is 1. The lowest BCUT2D eigenvalue weighted by molar-refractivity contribution is -0.140. The molecule has 0 amide bonds. The van der Waals surface area contributed by atoms with E-state index in [-0.39, 0.29) is 17.3 Å². The average molecular weight is 350 g/mol. The molecule has 25 heavy (non-hydrogen) atoms. The Labute approximate surface area is 153 Å². The molecule has 1 aliphatic carbocycles. The molecule has 0 aromatic rings. The zero-order valence-electron chi connectivity index (χ0n) is 16.3. The lowest BCUT2D eigenvalue weighted by Gasteiger charge is -2.40. The summed E-state index contributed by atoms with van der Waals surface area (Å²) in [6, 6.07) is 0. The van der Waals surface area contributed by atoms with E-state index >= 15 is 0 Å². The van der Waals surface area contributed by atoms with Crippen LogP contribution in [0.5, 0.6) is 0 Å². The maximum absolute atomic E-state index is 11.6. The highest BCUT2D eigenvalue weighted by molar-refractivity contribution is 5.89. The molecule has 4 nitrogen and oxygen atoms in total. The Morgan fingerprint density at radius 3 is 2.12 bits per heavy atom. The van der Waals surface area contributed by atoms with Crippen molar-refractivity contribution in [1.82, 2.24) is 0 Å². The van der Waals surface area contributed by atoms with Crippen molar-refractivity contribution in [2.24, 2.45) is 11.3 Å². The molecule has 1 rings (SSSR count). The molecule has 0 bridgehead atoms. The van der Waals surface area contributed by atoms with E-state index in [1.54, 1.807) is 13.8 Å². The Bertz CT molecular complexity index is 453. The van der Waals surface area contributed by atoms with E-state index in [0.29, 0.717) is 24.4 Å². The van der Waals surface area contributed by atoms with Crippen LogP contribution in [-0.4, -0.2) is 25.1 Å². The molecular weight excluding hydrogens is 314 g/mol. The molecule has 0 heterocycles. The third kappa shape index (κ3) is 7.45. The van der Waals surface area contributed by atoms with Crippen LogP contribution in [0.15, 0.2) is 24.3 Å². The van der Waals surface area contributed by atoms with Crippen LogP contribution in [0, 0.1) is 16.7 Å². The predicted molar refractivity (Wildman–Crippen MR) is 103 cm³/mol. The average Bonchev–Trinajstić information content (AvgIpc) is 2.56. The van der Waals surface area contributed by atoms with Gasteiger partial charge in [-0.2, -0.15) is 0 Å². The summed E-state index contributed by atoms with van der Waals surface area (Å²) in [6.45, 7) is 14.0. The summed E-state index contributed by atoms with van der Waals surface area (Å²) in [6.07, 6.45) is 9.06. The van der Waals surface area contributed by atoms with Crippen molar-refractivity contribution in [2.75, 3.05) is 13.2 Å². The second-order valence-corrected chi connectivity index (χ2v) is 7.61. The maximum atomic E-state index is 11.6. The molecule has 142 valence electrons. The fourth-order valence-corrected chi connectivity index (χ4v) is 3.59. The molecule has 4 heteroatoms. The van der Waals surface area contributed by atoms with Gasteiger partial charge in [-0.15, -0.1) is 0 Å². The summed E-state index contributed by atoms with van der Waals surface area (Å²) in [4.78, 5) is 11.6. The molecule has 1 saturated carbocycles. The Balaban J connectivity index is 2.57. The van der Waals surface area contributed by atoms with Crippen LogP contribution in [0.4, 0.5) is 0 Å². The van der Waals surface area contributed by atoms with Crippen LogP contribution in [0.2, 0.25) is 0 Å². The predicted octanol–water partition coefficient (Wildman–Crippen LogP) is 5.43. The minimum Gasteiger partial charge on any atom is -0.478 e. The van der Waals surface area contributed by atoms with Gasteiger partial charge in [0.1, 0.15) is 0 Å². The van der Waals surface area contributed by atoms with Crippen molar-refractivity contribution in [3.63, 3.8) is 0 Å². The first-order valence-electron chi connectivity index (χ1n) is 9.49. The van der Waals surface area contributed by atoms with Gasteiger partial charge in [-0.05, 0) is 63.7 Å². The first-order valence-corrected chi connectivity index (χ1v) is 9.49. The largest absolute Gasteiger partial charge is 0.478 e.